The number of imide groups is 2. The summed E-state index contributed by atoms with van der Waals surface area (Å²) in [6.45, 7) is 6.68. The molecule has 2 fully saturated rings. The van der Waals surface area contributed by atoms with Crippen molar-refractivity contribution < 1.29 is 61.9 Å². The van der Waals surface area contributed by atoms with Crippen LogP contribution in [-0.4, -0.2) is 168 Å². The second-order valence-electron chi connectivity index (χ2n) is 16.4. The van der Waals surface area contributed by atoms with E-state index in [9.17, 15) is 29.2 Å². The third-order valence-electron chi connectivity index (χ3n) is 11.9. The number of aromatic nitrogens is 1. The number of carbonyl (C=O) groups is 5. The van der Waals surface area contributed by atoms with Gasteiger partial charge in [-0.05, 0) is 37.1 Å². The van der Waals surface area contributed by atoms with Crippen molar-refractivity contribution in [2.75, 3.05) is 118 Å². The average Bonchev–Trinajstić information content (AvgIpc) is 3.63. The lowest BCUT2D eigenvalue weighted by atomic mass is 10.0. The molecule has 71 heavy (non-hydrogen) atoms. The highest BCUT2D eigenvalue weighted by Crippen LogP contribution is 2.41. The van der Waals surface area contributed by atoms with E-state index in [1.807, 2.05) is 4.90 Å². The molecule has 0 radical (unpaired) electrons. The van der Waals surface area contributed by atoms with Gasteiger partial charge in [-0.25, -0.2) is 0 Å². The smallest absolute Gasteiger partial charge is 0.266 e. The summed E-state index contributed by atoms with van der Waals surface area (Å²) < 4.78 is 45.3. The van der Waals surface area contributed by atoms with Crippen LogP contribution in [0.1, 0.15) is 52.0 Å². The molecule has 4 aromatic rings. The summed E-state index contributed by atoms with van der Waals surface area (Å²) in [6, 6.07) is 12.6. The highest BCUT2D eigenvalue weighted by Gasteiger charge is 2.46. The first-order valence-electron chi connectivity index (χ1n) is 23.1. The minimum atomic E-state index is -1.06. The van der Waals surface area contributed by atoms with Crippen molar-refractivity contribution in [2.45, 2.75) is 31.7 Å². The topological polar surface area (TPSA) is 230 Å². The molecule has 0 bridgehead atoms. The van der Waals surface area contributed by atoms with Gasteiger partial charge in [-0.3, -0.25) is 44.1 Å². The molecule has 22 heteroatoms. The van der Waals surface area contributed by atoms with Crippen LogP contribution in [0.15, 0.2) is 48.7 Å². The predicted molar refractivity (Wildman–Crippen MR) is 259 cm³/mol. The Morgan fingerprint density at radius 1 is 0.789 bits per heavy atom. The number of piperidine rings is 1. The third-order valence-corrected chi connectivity index (χ3v) is 12.5. The lowest BCUT2D eigenvalue weighted by Crippen LogP contribution is -2.54. The summed E-state index contributed by atoms with van der Waals surface area (Å²) in [5, 5.41) is 16.7. The number of methoxy groups -OCH3 is 2. The maximum Gasteiger partial charge on any atom is 0.266 e. The number of fused-ring (bicyclic) bond motifs is 2. The van der Waals surface area contributed by atoms with Crippen LogP contribution >= 0.6 is 23.2 Å². The first-order valence-corrected chi connectivity index (χ1v) is 23.9. The molecule has 20 nitrogen and oxygen atoms in total. The lowest BCUT2D eigenvalue weighted by Gasteiger charge is -2.34. The van der Waals surface area contributed by atoms with Gasteiger partial charge in [0, 0.05) is 62.9 Å². The zero-order valence-electron chi connectivity index (χ0n) is 39.4. The summed E-state index contributed by atoms with van der Waals surface area (Å²) in [5.41, 5.74) is 2.11. The van der Waals surface area contributed by atoms with Gasteiger partial charge in [0.15, 0.2) is 11.5 Å². The normalized spacial score (nSPS) is 16.0. The van der Waals surface area contributed by atoms with Gasteiger partial charge in [0.1, 0.15) is 30.2 Å². The van der Waals surface area contributed by atoms with Crippen LogP contribution in [0.3, 0.4) is 0 Å². The quantitative estimate of drug-likeness (QED) is 0.0621. The van der Waals surface area contributed by atoms with Gasteiger partial charge in [0.2, 0.25) is 17.7 Å². The van der Waals surface area contributed by atoms with E-state index in [-0.39, 0.29) is 55.3 Å². The van der Waals surface area contributed by atoms with E-state index in [1.54, 1.807) is 43.5 Å². The molecule has 1 atom stereocenters. The number of hydrogen-bond acceptors (Lipinski definition) is 17. The fourth-order valence-corrected chi connectivity index (χ4v) is 8.70. The van der Waals surface area contributed by atoms with Crippen LogP contribution in [0, 0.1) is 11.3 Å². The molecule has 3 aromatic carbocycles. The SMILES string of the molecule is COc1cc(Nc2c(C#N)cnc3cc(OCCCN4CCN(C(=O)CCOCCOCCOCCOCCOc5cccc6c5C(=O)N(C5CCC(=O)NC5=O)C6=O)CC4)c(OC)cc23)c(Cl)cc1Cl. The summed E-state index contributed by atoms with van der Waals surface area (Å²) in [7, 11) is 3.05. The van der Waals surface area contributed by atoms with E-state index in [2.05, 4.69) is 26.6 Å². The molecule has 5 amide bonds. The number of rotatable bonds is 26. The number of nitrogens with zero attached hydrogens (tertiary/aromatic N) is 5. The molecule has 2 saturated heterocycles. The van der Waals surface area contributed by atoms with Crippen LogP contribution in [-0.2, 0) is 33.3 Å². The number of carbonyl (C=O) groups excluding carboxylic acids is 5. The Morgan fingerprint density at radius 2 is 1.46 bits per heavy atom. The van der Waals surface area contributed by atoms with E-state index in [1.165, 1.54) is 19.4 Å². The number of nitrogens with one attached hydrogen (secondary N) is 2. The first kappa shape index (κ1) is 52.5. The third kappa shape index (κ3) is 13.4. The van der Waals surface area contributed by atoms with Gasteiger partial charge >= 0.3 is 0 Å². The van der Waals surface area contributed by atoms with Gasteiger partial charge in [-0.15, -0.1) is 0 Å². The van der Waals surface area contributed by atoms with Gasteiger partial charge < -0.3 is 48.1 Å². The monoisotopic (exact) mass is 1020 g/mol. The zero-order valence-corrected chi connectivity index (χ0v) is 40.9. The molecule has 0 spiro atoms. The molecule has 2 N–H and O–H groups in total. The van der Waals surface area contributed by atoms with E-state index < -0.39 is 29.7 Å². The molecule has 1 unspecified atom stereocenters. The van der Waals surface area contributed by atoms with Crippen molar-refractivity contribution in [3.8, 4) is 29.1 Å². The van der Waals surface area contributed by atoms with Crippen molar-refractivity contribution in [3.63, 3.8) is 0 Å². The van der Waals surface area contributed by atoms with Gasteiger partial charge in [-0.1, -0.05) is 29.3 Å². The molecular weight excluding hydrogens is 965 g/mol. The molecule has 7 rings (SSSR count). The fourth-order valence-electron chi connectivity index (χ4n) is 8.19. The van der Waals surface area contributed by atoms with E-state index >= 15 is 0 Å². The molecule has 3 aliphatic rings. The Morgan fingerprint density at radius 3 is 2.14 bits per heavy atom. The second-order valence-corrected chi connectivity index (χ2v) is 17.2. The molecule has 378 valence electrons. The minimum Gasteiger partial charge on any atom is -0.495 e. The molecule has 4 heterocycles. The van der Waals surface area contributed by atoms with Crippen molar-refractivity contribution >= 4 is 75.0 Å². The number of halogens is 2. The zero-order chi connectivity index (χ0) is 50.3. The number of amides is 5. The molecule has 1 aromatic heterocycles. The fraction of sp³-hybridized carbons (Fsp3) is 0.449. The largest absolute Gasteiger partial charge is 0.495 e. The predicted octanol–water partition coefficient (Wildman–Crippen LogP) is 5.02. The molecule has 3 aliphatic heterocycles. The molecular formula is C49H55Cl2N7O13. The summed E-state index contributed by atoms with van der Waals surface area (Å²) in [4.78, 5) is 72.5. The Bertz CT molecular complexity index is 2620. The maximum atomic E-state index is 13.2. The average molecular weight is 1020 g/mol. The Hall–Kier alpha value is -6.31. The highest BCUT2D eigenvalue weighted by molar-refractivity contribution is 6.37. The second kappa shape index (κ2) is 25.7. The van der Waals surface area contributed by atoms with E-state index in [0.717, 1.165) is 31.0 Å². The number of nitriles is 1. The maximum absolute atomic E-state index is 13.2. The van der Waals surface area contributed by atoms with Crippen LogP contribution in [0.4, 0.5) is 11.4 Å². The van der Waals surface area contributed by atoms with Crippen LogP contribution in [0.25, 0.3) is 10.9 Å². The summed E-state index contributed by atoms with van der Waals surface area (Å²) in [6.07, 6.45) is 2.63. The Kier molecular flexibility index (Phi) is 19.0. The number of hydrogen-bond donors (Lipinski definition) is 2. The van der Waals surface area contributed by atoms with Crippen LogP contribution in [0.5, 0.6) is 23.0 Å². The summed E-state index contributed by atoms with van der Waals surface area (Å²) in [5.74, 6) is -0.664. The van der Waals surface area contributed by atoms with Crippen LogP contribution < -0.4 is 29.6 Å². The standard InChI is InChI=1S/C49H55Cl2N7O13/c1-64-40-28-37(34(50)26-35(40)51)54-46-31(29-52)30-53-36-27-42(41(65-2)25-33(36)46)70-15-4-10-56-11-13-57(14-12-56)44(60)9-16-66-17-18-67-19-20-68-21-22-69-23-24-71-39-6-3-5-32-45(39)49(63)58(48(32)62)38-7-8-43(59)55-47(38)61/h3,5-6,25-28,30,38H,4,7-24H2,1-2H3,(H,53,54)(H,55,59,61). The number of ether oxygens (including phenoxy) is 8. The van der Waals surface area contributed by atoms with E-state index in [0.29, 0.717) is 121 Å². The Balaban J connectivity index is 0.700. The van der Waals surface area contributed by atoms with Crippen molar-refractivity contribution in [3.05, 3.63) is 75.4 Å². The van der Waals surface area contributed by atoms with Crippen molar-refractivity contribution in [2.24, 2.45) is 0 Å². The minimum absolute atomic E-state index is 0.0367. The molecule has 0 aliphatic carbocycles. The number of benzene rings is 3. The van der Waals surface area contributed by atoms with Gasteiger partial charge in [0.25, 0.3) is 11.8 Å². The van der Waals surface area contributed by atoms with Gasteiger partial charge in [-0.2, -0.15) is 5.26 Å². The number of pyridine rings is 1. The van der Waals surface area contributed by atoms with E-state index in [4.69, 9.17) is 61.1 Å². The number of piperazine rings is 1. The van der Waals surface area contributed by atoms with Gasteiger partial charge in [0.05, 0.1) is 124 Å². The lowest BCUT2D eigenvalue weighted by molar-refractivity contribution is -0.136. The number of anilines is 2. The first-order chi connectivity index (χ1) is 34.5. The molecule has 0 saturated carbocycles. The Labute approximate surface area is 420 Å². The summed E-state index contributed by atoms with van der Waals surface area (Å²) >= 11 is 12.7. The van der Waals surface area contributed by atoms with Crippen LogP contribution in [0.2, 0.25) is 10.0 Å². The van der Waals surface area contributed by atoms with Crippen molar-refractivity contribution in [1.82, 2.24) is 25.0 Å². The highest BCUT2D eigenvalue weighted by atomic mass is 35.5. The van der Waals surface area contributed by atoms with Crippen molar-refractivity contribution in [1.29, 1.82) is 5.26 Å².